The van der Waals surface area contributed by atoms with Crippen molar-refractivity contribution < 1.29 is 8.42 Å². The first-order valence-electron chi connectivity index (χ1n) is 5.92. The van der Waals surface area contributed by atoms with Gasteiger partial charge in [0, 0.05) is 31.9 Å². The highest BCUT2D eigenvalue weighted by Gasteiger charge is 2.34. The fraction of sp³-hybridized carbons (Fsp3) is 0.417. The van der Waals surface area contributed by atoms with Gasteiger partial charge in [0.15, 0.2) is 5.03 Å². The number of rotatable bonds is 2. The minimum absolute atomic E-state index is 0. The molecule has 0 fully saturated rings. The van der Waals surface area contributed by atoms with Crippen LogP contribution in [0.15, 0.2) is 34.4 Å². The number of hydrogen-bond acceptors (Lipinski definition) is 4. The molecule has 3 rings (SSSR count). The van der Waals surface area contributed by atoms with Gasteiger partial charge in [0.1, 0.15) is 0 Å². The molecule has 0 unspecified atom stereocenters. The molecule has 0 saturated carbocycles. The van der Waals surface area contributed by atoms with Crippen LogP contribution in [0.3, 0.4) is 0 Å². The van der Waals surface area contributed by atoms with Crippen LogP contribution in [0, 0.1) is 6.92 Å². The third-order valence-corrected chi connectivity index (χ3v) is 5.07. The Kier molecular flexibility index (Phi) is 3.96. The Labute approximate surface area is 119 Å². The summed E-state index contributed by atoms with van der Waals surface area (Å²) in [5.41, 5.74) is 3.15. The molecule has 1 aromatic heterocycles. The molecule has 19 heavy (non-hydrogen) atoms. The van der Waals surface area contributed by atoms with Crippen LogP contribution in [-0.4, -0.2) is 43.9 Å². The smallest absolute Gasteiger partial charge is 0.261 e. The summed E-state index contributed by atoms with van der Waals surface area (Å²) in [5, 5.41) is 3.38. The number of aromatic nitrogens is 1. The second-order valence-corrected chi connectivity index (χ2v) is 6.59. The highest BCUT2D eigenvalue weighted by atomic mass is 35.5. The summed E-state index contributed by atoms with van der Waals surface area (Å²) in [7, 11) is -3.45. The summed E-state index contributed by atoms with van der Waals surface area (Å²) in [6.45, 7) is 4.41. The van der Waals surface area contributed by atoms with Crippen molar-refractivity contribution in [2.75, 3.05) is 26.2 Å². The van der Waals surface area contributed by atoms with Gasteiger partial charge < -0.3 is 5.32 Å². The van der Waals surface area contributed by atoms with Crippen LogP contribution in [0.2, 0.25) is 0 Å². The third kappa shape index (κ3) is 2.53. The van der Waals surface area contributed by atoms with Crippen LogP contribution < -0.4 is 5.32 Å². The fourth-order valence-electron chi connectivity index (χ4n) is 2.40. The van der Waals surface area contributed by atoms with Gasteiger partial charge in [-0.05, 0) is 30.2 Å². The standard InChI is InChI=1S/C12H15N3O2S.ClH/c1-9-3-2-4-12(14-9)18(16,17)15-7-10-5-13-6-11(10)8-15;/h2-4,13H,5-8H2,1H3;1H. The highest BCUT2D eigenvalue weighted by molar-refractivity contribution is 7.89. The SMILES string of the molecule is Cc1cccc(S(=O)(=O)N2CC3=C(CNC3)C2)n1.Cl. The van der Waals surface area contributed by atoms with E-state index >= 15 is 0 Å². The normalized spacial score (nSPS) is 19.4. The Morgan fingerprint density at radius 2 is 1.84 bits per heavy atom. The van der Waals surface area contributed by atoms with Crippen molar-refractivity contribution in [3.8, 4) is 0 Å². The average Bonchev–Trinajstić information content (AvgIpc) is 2.89. The lowest BCUT2D eigenvalue weighted by Crippen LogP contribution is -2.33. The molecule has 2 aliphatic heterocycles. The molecule has 3 heterocycles. The first-order valence-corrected chi connectivity index (χ1v) is 7.36. The summed E-state index contributed by atoms with van der Waals surface area (Å²) < 4.78 is 26.4. The number of aryl methyl sites for hydroxylation is 1. The molecule has 0 radical (unpaired) electrons. The summed E-state index contributed by atoms with van der Waals surface area (Å²) in [6.07, 6.45) is 0. The molecule has 0 aromatic carbocycles. The number of nitrogens with one attached hydrogen (secondary N) is 1. The lowest BCUT2D eigenvalue weighted by molar-refractivity contribution is 0.470. The molecule has 0 bridgehead atoms. The van der Waals surface area contributed by atoms with Crippen molar-refractivity contribution in [2.45, 2.75) is 11.9 Å². The number of nitrogens with zero attached hydrogens (tertiary/aromatic N) is 2. The van der Waals surface area contributed by atoms with Gasteiger partial charge in [-0.1, -0.05) is 6.07 Å². The van der Waals surface area contributed by atoms with E-state index in [-0.39, 0.29) is 17.4 Å². The van der Waals surface area contributed by atoms with E-state index in [1.165, 1.54) is 15.5 Å². The lowest BCUT2D eigenvalue weighted by atomic mass is 10.2. The van der Waals surface area contributed by atoms with Gasteiger partial charge in [-0.2, -0.15) is 4.31 Å². The van der Waals surface area contributed by atoms with Crippen LogP contribution >= 0.6 is 12.4 Å². The molecule has 5 nitrogen and oxygen atoms in total. The van der Waals surface area contributed by atoms with E-state index in [0.29, 0.717) is 13.1 Å². The van der Waals surface area contributed by atoms with Gasteiger partial charge in [0.25, 0.3) is 10.0 Å². The quantitative estimate of drug-likeness (QED) is 0.818. The minimum atomic E-state index is -3.45. The molecule has 0 atom stereocenters. The monoisotopic (exact) mass is 301 g/mol. The largest absolute Gasteiger partial charge is 0.309 e. The number of pyridine rings is 1. The van der Waals surface area contributed by atoms with E-state index in [2.05, 4.69) is 10.3 Å². The molecule has 1 aromatic rings. The highest BCUT2D eigenvalue weighted by Crippen LogP contribution is 2.25. The van der Waals surface area contributed by atoms with Gasteiger partial charge >= 0.3 is 0 Å². The van der Waals surface area contributed by atoms with Crippen LogP contribution in [0.5, 0.6) is 0 Å². The van der Waals surface area contributed by atoms with Gasteiger partial charge in [0.05, 0.1) is 0 Å². The second-order valence-electron chi connectivity index (χ2n) is 4.70. The van der Waals surface area contributed by atoms with E-state index in [4.69, 9.17) is 0 Å². The Balaban J connectivity index is 0.00000133. The molecule has 1 N–H and O–H groups in total. The fourth-order valence-corrected chi connectivity index (χ4v) is 3.82. The zero-order valence-corrected chi connectivity index (χ0v) is 12.2. The molecular weight excluding hydrogens is 286 g/mol. The summed E-state index contributed by atoms with van der Waals surface area (Å²) >= 11 is 0. The van der Waals surface area contributed by atoms with Gasteiger partial charge in [-0.15, -0.1) is 12.4 Å². The number of halogens is 1. The Bertz CT molecular complexity index is 612. The van der Waals surface area contributed by atoms with E-state index in [1.54, 1.807) is 25.1 Å². The second kappa shape index (κ2) is 5.20. The molecule has 2 aliphatic rings. The maximum absolute atomic E-state index is 12.4. The van der Waals surface area contributed by atoms with Crippen molar-refractivity contribution >= 4 is 22.4 Å². The molecule has 0 aliphatic carbocycles. The van der Waals surface area contributed by atoms with E-state index in [0.717, 1.165) is 18.8 Å². The Hall–Kier alpha value is -0.950. The van der Waals surface area contributed by atoms with Crippen molar-refractivity contribution in [3.63, 3.8) is 0 Å². The molecule has 0 spiro atoms. The van der Waals surface area contributed by atoms with Crippen LogP contribution in [0.25, 0.3) is 0 Å². The first-order chi connectivity index (χ1) is 8.57. The van der Waals surface area contributed by atoms with Crippen molar-refractivity contribution in [1.29, 1.82) is 0 Å². The maximum atomic E-state index is 12.4. The Morgan fingerprint density at radius 1 is 1.21 bits per heavy atom. The third-order valence-electron chi connectivity index (χ3n) is 3.38. The van der Waals surface area contributed by atoms with Crippen LogP contribution in [0.4, 0.5) is 0 Å². The number of hydrogen-bond donors (Lipinski definition) is 1. The average molecular weight is 302 g/mol. The van der Waals surface area contributed by atoms with Crippen LogP contribution in [0.1, 0.15) is 5.69 Å². The molecule has 104 valence electrons. The van der Waals surface area contributed by atoms with Crippen molar-refractivity contribution in [3.05, 3.63) is 35.0 Å². The van der Waals surface area contributed by atoms with Crippen molar-refractivity contribution in [1.82, 2.24) is 14.6 Å². The van der Waals surface area contributed by atoms with Crippen molar-refractivity contribution in [2.24, 2.45) is 0 Å². The lowest BCUT2D eigenvalue weighted by Gasteiger charge is -2.17. The van der Waals surface area contributed by atoms with Crippen LogP contribution in [-0.2, 0) is 10.0 Å². The van der Waals surface area contributed by atoms with Gasteiger partial charge in [-0.3, -0.25) is 0 Å². The minimum Gasteiger partial charge on any atom is -0.309 e. The van der Waals surface area contributed by atoms with E-state index in [9.17, 15) is 8.42 Å². The number of sulfonamides is 1. The molecular formula is C12H16ClN3O2S. The van der Waals surface area contributed by atoms with E-state index < -0.39 is 10.0 Å². The first kappa shape index (κ1) is 14.5. The molecule has 0 amide bonds. The summed E-state index contributed by atoms with van der Waals surface area (Å²) in [4.78, 5) is 4.12. The van der Waals surface area contributed by atoms with Gasteiger partial charge in [0.2, 0.25) is 0 Å². The zero-order chi connectivity index (χ0) is 12.8. The predicted molar refractivity (Wildman–Crippen MR) is 74.9 cm³/mol. The summed E-state index contributed by atoms with van der Waals surface area (Å²) in [5.74, 6) is 0. The van der Waals surface area contributed by atoms with E-state index in [1.807, 2.05) is 0 Å². The Morgan fingerprint density at radius 3 is 2.42 bits per heavy atom. The molecule has 0 saturated heterocycles. The maximum Gasteiger partial charge on any atom is 0.261 e. The van der Waals surface area contributed by atoms with Gasteiger partial charge in [-0.25, -0.2) is 13.4 Å². The zero-order valence-electron chi connectivity index (χ0n) is 10.6. The predicted octanol–water partition coefficient (Wildman–Crippen LogP) is 0.716. The molecule has 7 heteroatoms. The summed E-state index contributed by atoms with van der Waals surface area (Å²) in [6, 6.07) is 5.09. The topological polar surface area (TPSA) is 62.3 Å².